The maximum absolute atomic E-state index is 9.74. The summed E-state index contributed by atoms with van der Waals surface area (Å²) < 4.78 is 10.6. The quantitative estimate of drug-likeness (QED) is 0.688. The molecular weight excluding hydrogens is 156 g/mol. The molecule has 0 aromatic carbocycles. The second-order valence-corrected chi connectivity index (χ2v) is 3.36. The average molecular weight is 174 g/mol. The van der Waals surface area contributed by atoms with Crippen molar-refractivity contribution in [3.63, 3.8) is 0 Å². The summed E-state index contributed by atoms with van der Waals surface area (Å²) in [6.45, 7) is 5.90. The Morgan fingerprint density at radius 2 is 2.25 bits per heavy atom. The van der Waals surface area contributed by atoms with E-state index < -0.39 is 0 Å². The minimum Gasteiger partial charge on any atom is -0.390 e. The van der Waals surface area contributed by atoms with Crippen LogP contribution in [0.4, 0.5) is 0 Å². The van der Waals surface area contributed by atoms with E-state index in [1.165, 1.54) is 0 Å². The zero-order valence-electron chi connectivity index (χ0n) is 7.82. The van der Waals surface area contributed by atoms with Gasteiger partial charge in [-0.25, -0.2) is 0 Å². The van der Waals surface area contributed by atoms with Crippen molar-refractivity contribution in [2.75, 3.05) is 19.8 Å². The van der Waals surface area contributed by atoms with Crippen LogP contribution < -0.4 is 0 Å². The highest BCUT2D eigenvalue weighted by molar-refractivity contribution is 4.75. The van der Waals surface area contributed by atoms with Gasteiger partial charge in [-0.1, -0.05) is 20.3 Å². The Labute approximate surface area is 73.7 Å². The van der Waals surface area contributed by atoms with Crippen LogP contribution in [0.25, 0.3) is 0 Å². The third-order valence-corrected chi connectivity index (χ3v) is 2.45. The molecule has 0 saturated carbocycles. The lowest BCUT2D eigenvalue weighted by atomic mass is 9.97. The molecule has 12 heavy (non-hydrogen) atoms. The Bertz CT molecular complexity index is 121. The van der Waals surface area contributed by atoms with Gasteiger partial charge in [0.25, 0.3) is 0 Å². The van der Waals surface area contributed by atoms with Crippen LogP contribution in [-0.4, -0.2) is 37.1 Å². The SMILES string of the molecule is CCC(C)C(O)C1COCCO1. The van der Waals surface area contributed by atoms with E-state index in [4.69, 9.17) is 9.47 Å². The van der Waals surface area contributed by atoms with Gasteiger partial charge in [-0.15, -0.1) is 0 Å². The second-order valence-electron chi connectivity index (χ2n) is 3.36. The fraction of sp³-hybridized carbons (Fsp3) is 1.00. The standard InChI is InChI=1S/C9H18O3/c1-3-7(2)9(10)8-6-11-4-5-12-8/h7-10H,3-6H2,1-2H3. The molecule has 1 N–H and O–H groups in total. The van der Waals surface area contributed by atoms with Gasteiger partial charge in [-0.2, -0.15) is 0 Å². The Kier molecular flexibility index (Phi) is 3.98. The number of hydrogen-bond acceptors (Lipinski definition) is 3. The van der Waals surface area contributed by atoms with Crippen LogP contribution in [0, 0.1) is 5.92 Å². The van der Waals surface area contributed by atoms with E-state index in [1.54, 1.807) is 0 Å². The van der Waals surface area contributed by atoms with Crippen molar-refractivity contribution in [2.45, 2.75) is 32.5 Å². The predicted molar refractivity (Wildman–Crippen MR) is 46.0 cm³/mol. The summed E-state index contributed by atoms with van der Waals surface area (Å²) in [7, 11) is 0. The van der Waals surface area contributed by atoms with Gasteiger partial charge in [0.15, 0.2) is 0 Å². The largest absolute Gasteiger partial charge is 0.390 e. The van der Waals surface area contributed by atoms with Crippen LogP contribution in [0.2, 0.25) is 0 Å². The first-order valence-corrected chi connectivity index (χ1v) is 4.63. The lowest BCUT2D eigenvalue weighted by Crippen LogP contribution is -2.41. The van der Waals surface area contributed by atoms with Gasteiger partial charge >= 0.3 is 0 Å². The van der Waals surface area contributed by atoms with Crippen LogP contribution in [-0.2, 0) is 9.47 Å². The van der Waals surface area contributed by atoms with E-state index in [0.29, 0.717) is 19.8 Å². The summed E-state index contributed by atoms with van der Waals surface area (Å²) in [4.78, 5) is 0. The Morgan fingerprint density at radius 3 is 2.75 bits per heavy atom. The normalized spacial score (nSPS) is 29.8. The number of aliphatic hydroxyl groups is 1. The number of hydrogen-bond donors (Lipinski definition) is 1. The first kappa shape index (κ1) is 9.96. The fourth-order valence-electron chi connectivity index (χ4n) is 1.31. The molecule has 1 fully saturated rings. The fourth-order valence-corrected chi connectivity index (χ4v) is 1.31. The smallest absolute Gasteiger partial charge is 0.107 e. The van der Waals surface area contributed by atoms with Crippen molar-refractivity contribution in [1.29, 1.82) is 0 Å². The first-order valence-electron chi connectivity index (χ1n) is 4.63. The number of rotatable bonds is 3. The molecule has 3 nitrogen and oxygen atoms in total. The van der Waals surface area contributed by atoms with Gasteiger partial charge in [0.1, 0.15) is 6.10 Å². The summed E-state index contributed by atoms with van der Waals surface area (Å²) in [6, 6.07) is 0. The second kappa shape index (κ2) is 4.80. The lowest BCUT2D eigenvalue weighted by Gasteiger charge is -2.30. The summed E-state index contributed by atoms with van der Waals surface area (Å²) in [5, 5.41) is 9.74. The summed E-state index contributed by atoms with van der Waals surface area (Å²) in [5.41, 5.74) is 0. The van der Waals surface area contributed by atoms with Crippen LogP contribution in [0.5, 0.6) is 0 Å². The molecule has 0 radical (unpaired) electrons. The summed E-state index contributed by atoms with van der Waals surface area (Å²) in [6.07, 6.45) is 0.477. The molecule has 3 heteroatoms. The van der Waals surface area contributed by atoms with Gasteiger partial charge in [0.2, 0.25) is 0 Å². The molecule has 1 rings (SSSR count). The minimum atomic E-state index is -0.379. The van der Waals surface area contributed by atoms with Gasteiger partial charge in [-0.05, 0) is 5.92 Å². The molecule has 72 valence electrons. The minimum absolute atomic E-state index is 0.117. The Hall–Kier alpha value is -0.120. The van der Waals surface area contributed by atoms with Crippen LogP contribution in [0.3, 0.4) is 0 Å². The molecule has 1 aliphatic rings. The maximum atomic E-state index is 9.74. The van der Waals surface area contributed by atoms with Crippen molar-refractivity contribution < 1.29 is 14.6 Å². The molecule has 1 aliphatic heterocycles. The summed E-state index contributed by atoms with van der Waals surface area (Å²) in [5.74, 6) is 0.289. The molecule has 0 bridgehead atoms. The van der Waals surface area contributed by atoms with Crippen molar-refractivity contribution in [2.24, 2.45) is 5.92 Å². The highest BCUT2D eigenvalue weighted by atomic mass is 16.6. The average Bonchev–Trinajstić information content (AvgIpc) is 2.17. The molecule has 0 amide bonds. The molecule has 3 unspecified atom stereocenters. The van der Waals surface area contributed by atoms with Crippen molar-refractivity contribution >= 4 is 0 Å². The van der Waals surface area contributed by atoms with E-state index in [2.05, 4.69) is 6.92 Å². The number of ether oxygens (including phenoxy) is 2. The molecule has 0 aromatic rings. The monoisotopic (exact) mass is 174 g/mol. The zero-order chi connectivity index (χ0) is 8.97. The van der Waals surface area contributed by atoms with Crippen LogP contribution in [0.15, 0.2) is 0 Å². The van der Waals surface area contributed by atoms with Gasteiger partial charge in [-0.3, -0.25) is 0 Å². The first-order chi connectivity index (χ1) is 5.75. The van der Waals surface area contributed by atoms with Crippen molar-refractivity contribution in [3.8, 4) is 0 Å². The highest BCUT2D eigenvalue weighted by Gasteiger charge is 2.26. The maximum Gasteiger partial charge on any atom is 0.107 e. The molecule has 1 saturated heterocycles. The van der Waals surface area contributed by atoms with Gasteiger partial charge in [0, 0.05) is 0 Å². The predicted octanol–water partition coefficient (Wildman–Crippen LogP) is 0.809. The van der Waals surface area contributed by atoms with Crippen molar-refractivity contribution in [1.82, 2.24) is 0 Å². The molecular formula is C9H18O3. The topological polar surface area (TPSA) is 38.7 Å². The van der Waals surface area contributed by atoms with E-state index in [0.717, 1.165) is 6.42 Å². The highest BCUT2D eigenvalue weighted by Crippen LogP contribution is 2.15. The lowest BCUT2D eigenvalue weighted by molar-refractivity contribution is -0.143. The molecule has 1 heterocycles. The van der Waals surface area contributed by atoms with Gasteiger partial charge in [0.05, 0.1) is 25.9 Å². The summed E-state index contributed by atoms with van der Waals surface area (Å²) >= 11 is 0. The Balaban J connectivity index is 2.33. The Morgan fingerprint density at radius 1 is 1.50 bits per heavy atom. The van der Waals surface area contributed by atoms with E-state index >= 15 is 0 Å². The molecule has 3 atom stereocenters. The molecule has 0 aromatic heterocycles. The van der Waals surface area contributed by atoms with E-state index in [-0.39, 0.29) is 18.1 Å². The third-order valence-electron chi connectivity index (χ3n) is 2.45. The zero-order valence-corrected chi connectivity index (χ0v) is 7.82. The third kappa shape index (κ3) is 2.44. The van der Waals surface area contributed by atoms with Crippen molar-refractivity contribution in [3.05, 3.63) is 0 Å². The van der Waals surface area contributed by atoms with Crippen LogP contribution in [0.1, 0.15) is 20.3 Å². The van der Waals surface area contributed by atoms with E-state index in [1.807, 2.05) is 6.92 Å². The molecule has 0 aliphatic carbocycles. The van der Waals surface area contributed by atoms with E-state index in [9.17, 15) is 5.11 Å². The van der Waals surface area contributed by atoms with Gasteiger partial charge < -0.3 is 14.6 Å². The number of aliphatic hydroxyl groups excluding tert-OH is 1. The molecule has 0 spiro atoms. The van der Waals surface area contributed by atoms with Crippen LogP contribution >= 0.6 is 0 Å².